The smallest absolute Gasteiger partial charge is 0.243 e. The molecule has 0 radical (unpaired) electrons. The van der Waals surface area contributed by atoms with E-state index in [2.05, 4.69) is 48.6 Å². The van der Waals surface area contributed by atoms with Gasteiger partial charge in [0, 0.05) is 18.3 Å². The van der Waals surface area contributed by atoms with Gasteiger partial charge in [-0.1, -0.05) is 86.3 Å². The Morgan fingerprint density at radius 1 is 1.00 bits per heavy atom. The molecule has 1 N–H and O–H groups in total. The Kier molecular flexibility index (Phi) is 9.66. The molecule has 2 aromatic rings. The van der Waals surface area contributed by atoms with Crippen LogP contribution in [0.25, 0.3) is 0 Å². The third-order valence-electron chi connectivity index (χ3n) is 6.15. The first-order valence-corrected chi connectivity index (χ1v) is 13.0. The van der Waals surface area contributed by atoms with Gasteiger partial charge in [-0.3, -0.25) is 9.59 Å². The van der Waals surface area contributed by atoms with Crippen molar-refractivity contribution < 1.29 is 9.59 Å². The highest BCUT2D eigenvalue weighted by molar-refractivity contribution is 7.99. The Hall–Kier alpha value is -2.27. The molecule has 1 atom stereocenters. The number of carbonyl (C=O) groups is 2. The highest BCUT2D eigenvalue weighted by Gasteiger charge is 2.30. The first-order chi connectivity index (χ1) is 15.6. The molecule has 1 unspecified atom stereocenters. The fourth-order valence-electron chi connectivity index (χ4n) is 4.27. The van der Waals surface area contributed by atoms with Gasteiger partial charge in [-0.2, -0.15) is 0 Å². The minimum atomic E-state index is -0.442. The third-order valence-corrected chi connectivity index (χ3v) is 7.14. The molecule has 0 bridgehead atoms. The van der Waals surface area contributed by atoms with E-state index < -0.39 is 6.04 Å². The molecule has 1 fully saturated rings. The molecule has 5 heteroatoms. The number of rotatable bonds is 10. The van der Waals surface area contributed by atoms with E-state index in [1.165, 1.54) is 30.4 Å². The molecular formula is C27H36N2O2S. The van der Waals surface area contributed by atoms with Crippen LogP contribution in [0.3, 0.4) is 0 Å². The van der Waals surface area contributed by atoms with Gasteiger partial charge in [0.2, 0.25) is 11.8 Å². The molecule has 1 saturated carbocycles. The Morgan fingerprint density at radius 3 is 2.34 bits per heavy atom. The minimum Gasteiger partial charge on any atom is -0.352 e. The van der Waals surface area contributed by atoms with Gasteiger partial charge < -0.3 is 10.2 Å². The van der Waals surface area contributed by atoms with Crippen LogP contribution in [0.4, 0.5) is 0 Å². The normalized spacial score (nSPS) is 15.2. The lowest BCUT2D eigenvalue weighted by Gasteiger charge is -2.32. The minimum absolute atomic E-state index is 0.00655. The summed E-state index contributed by atoms with van der Waals surface area (Å²) in [6.45, 7) is 4.51. The van der Waals surface area contributed by atoms with Crippen molar-refractivity contribution in [2.24, 2.45) is 0 Å². The van der Waals surface area contributed by atoms with Gasteiger partial charge in [0.05, 0.1) is 5.75 Å². The van der Waals surface area contributed by atoms with Crippen LogP contribution in [0.2, 0.25) is 0 Å². The fourth-order valence-corrected chi connectivity index (χ4v) is 5.14. The summed E-state index contributed by atoms with van der Waals surface area (Å²) in [6.07, 6.45) is 6.29. The van der Waals surface area contributed by atoms with E-state index in [9.17, 15) is 9.59 Å². The van der Waals surface area contributed by atoms with Crippen molar-refractivity contribution in [3.63, 3.8) is 0 Å². The van der Waals surface area contributed by atoms with Gasteiger partial charge in [-0.05, 0) is 37.3 Å². The monoisotopic (exact) mass is 452 g/mol. The Balaban J connectivity index is 1.69. The second kappa shape index (κ2) is 12.7. The second-order valence-corrected chi connectivity index (χ2v) is 9.74. The maximum absolute atomic E-state index is 13.3. The van der Waals surface area contributed by atoms with Gasteiger partial charge in [0.15, 0.2) is 0 Å². The van der Waals surface area contributed by atoms with E-state index in [1.807, 2.05) is 25.1 Å². The molecule has 32 heavy (non-hydrogen) atoms. The average molecular weight is 453 g/mol. The maximum atomic E-state index is 13.3. The quantitative estimate of drug-likeness (QED) is 0.519. The first-order valence-electron chi connectivity index (χ1n) is 11.8. The van der Waals surface area contributed by atoms with Crippen LogP contribution < -0.4 is 5.32 Å². The zero-order valence-electron chi connectivity index (χ0n) is 19.4. The van der Waals surface area contributed by atoms with Gasteiger partial charge >= 0.3 is 0 Å². The predicted molar refractivity (Wildman–Crippen MR) is 133 cm³/mol. The van der Waals surface area contributed by atoms with Gasteiger partial charge in [0.1, 0.15) is 6.04 Å². The molecule has 172 valence electrons. The lowest BCUT2D eigenvalue weighted by Crippen LogP contribution is -2.52. The fraction of sp³-hybridized carbons (Fsp3) is 0.481. The molecule has 0 aliphatic heterocycles. The highest BCUT2D eigenvalue weighted by atomic mass is 32.2. The molecule has 3 rings (SSSR count). The van der Waals surface area contributed by atoms with E-state index in [1.54, 1.807) is 16.7 Å². The molecule has 1 aliphatic rings. The number of aryl methyl sites for hydroxylation is 1. The molecule has 2 amide bonds. The largest absolute Gasteiger partial charge is 0.352 e. The van der Waals surface area contributed by atoms with Crippen molar-refractivity contribution in [2.45, 2.75) is 76.8 Å². The molecule has 1 aliphatic carbocycles. The van der Waals surface area contributed by atoms with Crippen molar-refractivity contribution >= 4 is 23.6 Å². The summed E-state index contributed by atoms with van der Waals surface area (Å²) >= 11 is 1.61. The summed E-state index contributed by atoms with van der Waals surface area (Å²) < 4.78 is 0. The van der Waals surface area contributed by atoms with E-state index >= 15 is 0 Å². The molecule has 0 spiro atoms. The molecule has 2 aromatic carbocycles. The summed E-state index contributed by atoms with van der Waals surface area (Å²) in [5, 5.41) is 3.24. The number of thioether (sulfide) groups is 1. The van der Waals surface area contributed by atoms with Crippen LogP contribution in [0, 0.1) is 6.92 Å². The second-order valence-electron chi connectivity index (χ2n) is 8.75. The summed E-state index contributed by atoms with van der Waals surface area (Å²) in [6, 6.07) is 18.2. The number of amides is 2. The summed E-state index contributed by atoms with van der Waals surface area (Å²) in [5.41, 5.74) is 3.45. The standard InChI is InChI=1S/C27H36N2O2S/c1-3-25(27(31)28-24-12-8-5-9-13-24)29(18-22-16-14-21(2)15-17-22)26(30)20-32-19-23-10-6-4-7-11-23/h4,6-7,10-11,14-17,24-25H,3,5,8-9,12-13,18-20H2,1-2H3,(H,28,31). The van der Waals surface area contributed by atoms with Gasteiger partial charge in [-0.15, -0.1) is 11.8 Å². The summed E-state index contributed by atoms with van der Waals surface area (Å²) in [4.78, 5) is 28.3. The van der Waals surface area contributed by atoms with Crippen molar-refractivity contribution in [1.82, 2.24) is 10.2 Å². The zero-order valence-corrected chi connectivity index (χ0v) is 20.2. The number of hydrogen-bond acceptors (Lipinski definition) is 3. The predicted octanol–water partition coefficient (Wildman–Crippen LogP) is 5.48. The van der Waals surface area contributed by atoms with Crippen molar-refractivity contribution in [3.05, 3.63) is 71.3 Å². The van der Waals surface area contributed by atoms with E-state index in [-0.39, 0.29) is 17.9 Å². The number of nitrogens with zero attached hydrogens (tertiary/aromatic N) is 1. The van der Waals surface area contributed by atoms with Crippen LogP contribution in [0.5, 0.6) is 0 Å². The van der Waals surface area contributed by atoms with Crippen molar-refractivity contribution in [1.29, 1.82) is 0 Å². The Labute approximate surface area is 197 Å². The molecule has 0 heterocycles. The first kappa shape index (κ1) is 24.4. The van der Waals surface area contributed by atoms with E-state index in [0.29, 0.717) is 18.7 Å². The number of hydrogen-bond donors (Lipinski definition) is 1. The van der Waals surface area contributed by atoms with Crippen LogP contribution in [-0.2, 0) is 21.9 Å². The molecular weight excluding hydrogens is 416 g/mol. The van der Waals surface area contributed by atoms with Crippen LogP contribution >= 0.6 is 11.8 Å². The molecule has 0 aromatic heterocycles. The van der Waals surface area contributed by atoms with Crippen LogP contribution in [-0.4, -0.2) is 34.6 Å². The lowest BCUT2D eigenvalue weighted by atomic mass is 9.95. The number of benzene rings is 2. The third kappa shape index (κ3) is 7.40. The van der Waals surface area contributed by atoms with Crippen molar-refractivity contribution in [3.8, 4) is 0 Å². The SMILES string of the molecule is CCC(C(=O)NC1CCCCC1)N(Cc1ccc(C)cc1)C(=O)CSCc1ccccc1. The van der Waals surface area contributed by atoms with Crippen LogP contribution in [0.1, 0.15) is 62.1 Å². The topological polar surface area (TPSA) is 49.4 Å². The summed E-state index contributed by atoms with van der Waals surface area (Å²) in [7, 11) is 0. The molecule has 0 saturated heterocycles. The maximum Gasteiger partial charge on any atom is 0.243 e. The number of carbonyl (C=O) groups excluding carboxylic acids is 2. The van der Waals surface area contributed by atoms with Crippen molar-refractivity contribution in [2.75, 3.05) is 5.75 Å². The van der Waals surface area contributed by atoms with E-state index in [4.69, 9.17) is 0 Å². The Bertz CT molecular complexity index is 848. The average Bonchev–Trinajstić information content (AvgIpc) is 2.81. The summed E-state index contributed by atoms with van der Waals surface area (Å²) in [5.74, 6) is 1.18. The Morgan fingerprint density at radius 2 is 1.69 bits per heavy atom. The molecule has 4 nitrogen and oxygen atoms in total. The van der Waals surface area contributed by atoms with E-state index in [0.717, 1.165) is 24.2 Å². The zero-order chi connectivity index (χ0) is 22.8. The number of nitrogens with one attached hydrogen (secondary N) is 1. The highest BCUT2D eigenvalue weighted by Crippen LogP contribution is 2.20. The van der Waals surface area contributed by atoms with Crippen LogP contribution in [0.15, 0.2) is 54.6 Å². The van der Waals surface area contributed by atoms with Gasteiger partial charge in [0.25, 0.3) is 0 Å². The van der Waals surface area contributed by atoms with Gasteiger partial charge in [-0.25, -0.2) is 0 Å². The lowest BCUT2D eigenvalue weighted by molar-refractivity contribution is -0.139.